The van der Waals surface area contributed by atoms with Gasteiger partial charge in [0.1, 0.15) is 11.7 Å². The van der Waals surface area contributed by atoms with Crippen molar-refractivity contribution in [1.29, 1.82) is 0 Å². The summed E-state index contributed by atoms with van der Waals surface area (Å²) in [6.07, 6.45) is 4.27. The van der Waals surface area contributed by atoms with Gasteiger partial charge in [-0.05, 0) is 31.2 Å². The van der Waals surface area contributed by atoms with Crippen molar-refractivity contribution >= 4 is 22.8 Å². The Hall–Kier alpha value is -2.97. The topological polar surface area (TPSA) is 131 Å². The zero-order chi connectivity index (χ0) is 20.4. The van der Waals surface area contributed by atoms with Gasteiger partial charge in [0, 0.05) is 19.3 Å². The van der Waals surface area contributed by atoms with Crippen molar-refractivity contribution < 1.29 is 9.59 Å². The van der Waals surface area contributed by atoms with Gasteiger partial charge in [-0.15, -0.1) is 0 Å². The van der Waals surface area contributed by atoms with Crippen molar-refractivity contribution in [2.45, 2.75) is 52.1 Å². The van der Waals surface area contributed by atoms with Crippen molar-refractivity contribution in [1.82, 2.24) is 19.4 Å². The number of amides is 2. The molecule has 2 aromatic rings. The number of aromatic nitrogens is 3. The zero-order valence-corrected chi connectivity index (χ0v) is 16.1. The average molecular weight is 387 g/mol. The van der Waals surface area contributed by atoms with Crippen LogP contribution in [-0.4, -0.2) is 43.8 Å². The molecule has 0 aliphatic carbocycles. The number of rotatable bonds is 5. The van der Waals surface area contributed by atoms with E-state index in [1.54, 1.807) is 0 Å². The number of aryl methyl sites for hydroxylation is 1. The number of H-pyrrole nitrogens is 1. The maximum absolute atomic E-state index is 13.0. The fourth-order valence-electron chi connectivity index (χ4n) is 3.63. The molecule has 1 aliphatic rings. The largest absolute Gasteiger partial charge is 0.368 e. The SMILES string of the molecule is CCCCn1c(=O)[nH]c(=O)c2cc(C(=O)N3CC[C@@H](C)C[C@H]3C(N)=O)cnc21. The summed E-state index contributed by atoms with van der Waals surface area (Å²) >= 11 is 0. The molecule has 1 fully saturated rings. The second-order valence-corrected chi connectivity index (χ2v) is 7.41. The summed E-state index contributed by atoms with van der Waals surface area (Å²) in [5.74, 6) is -0.636. The number of likely N-dealkylation sites (tertiary alicyclic amines) is 1. The van der Waals surface area contributed by atoms with Gasteiger partial charge in [0.2, 0.25) is 5.91 Å². The number of piperidine rings is 1. The molecule has 2 amide bonds. The Kier molecular flexibility index (Phi) is 5.62. The molecule has 0 bridgehead atoms. The first-order valence-corrected chi connectivity index (χ1v) is 9.56. The number of pyridine rings is 1. The minimum atomic E-state index is -0.677. The van der Waals surface area contributed by atoms with Crippen molar-refractivity contribution in [2.24, 2.45) is 11.7 Å². The first kappa shape index (κ1) is 19.8. The molecule has 150 valence electrons. The molecule has 3 rings (SSSR count). The summed E-state index contributed by atoms with van der Waals surface area (Å²) in [6.45, 7) is 4.86. The highest BCUT2D eigenvalue weighted by atomic mass is 16.2. The molecule has 0 unspecified atom stereocenters. The summed E-state index contributed by atoms with van der Waals surface area (Å²) < 4.78 is 1.41. The van der Waals surface area contributed by atoms with E-state index >= 15 is 0 Å². The quantitative estimate of drug-likeness (QED) is 0.776. The fourth-order valence-corrected chi connectivity index (χ4v) is 3.63. The molecule has 0 aromatic carbocycles. The predicted octanol–water partition coefficient (Wildman–Crippen LogP) is 0.611. The second-order valence-electron chi connectivity index (χ2n) is 7.41. The molecule has 0 spiro atoms. The van der Waals surface area contributed by atoms with Gasteiger partial charge in [-0.3, -0.25) is 23.9 Å². The lowest BCUT2D eigenvalue weighted by Crippen LogP contribution is -2.52. The smallest absolute Gasteiger partial charge is 0.329 e. The number of nitrogens with zero attached hydrogens (tertiary/aromatic N) is 3. The number of nitrogens with two attached hydrogens (primary N) is 1. The van der Waals surface area contributed by atoms with Gasteiger partial charge in [-0.1, -0.05) is 20.3 Å². The van der Waals surface area contributed by atoms with Gasteiger partial charge in [0.05, 0.1) is 10.9 Å². The standard InChI is InChI=1S/C19H25N5O4/c1-3-4-6-24-16-13(17(26)22-19(24)28)9-12(10-21-16)18(27)23-7-5-11(2)8-14(23)15(20)25/h9-11,14H,3-8H2,1-2H3,(H2,20,25)(H,22,26,28)/t11-,14+/m1/s1. The maximum Gasteiger partial charge on any atom is 0.329 e. The van der Waals surface area contributed by atoms with Gasteiger partial charge >= 0.3 is 5.69 Å². The Morgan fingerprint density at radius 1 is 1.36 bits per heavy atom. The minimum absolute atomic E-state index is 0.169. The lowest BCUT2D eigenvalue weighted by Gasteiger charge is -2.36. The molecule has 1 saturated heterocycles. The van der Waals surface area contributed by atoms with Gasteiger partial charge in [-0.25, -0.2) is 9.78 Å². The highest BCUT2D eigenvalue weighted by Crippen LogP contribution is 2.24. The fraction of sp³-hybridized carbons (Fsp3) is 0.526. The van der Waals surface area contributed by atoms with Crippen molar-refractivity contribution in [3.05, 3.63) is 38.7 Å². The van der Waals surface area contributed by atoms with Crippen LogP contribution in [-0.2, 0) is 11.3 Å². The Morgan fingerprint density at radius 2 is 2.11 bits per heavy atom. The van der Waals surface area contributed by atoms with E-state index in [1.807, 2.05) is 13.8 Å². The molecule has 3 heterocycles. The van der Waals surface area contributed by atoms with E-state index in [2.05, 4.69) is 9.97 Å². The molecule has 1 aliphatic heterocycles. The molecule has 9 nitrogen and oxygen atoms in total. The van der Waals surface area contributed by atoms with E-state index in [0.29, 0.717) is 25.4 Å². The Balaban J connectivity index is 2.02. The normalized spacial score (nSPS) is 19.7. The van der Waals surface area contributed by atoms with E-state index < -0.39 is 29.1 Å². The van der Waals surface area contributed by atoms with Crippen LogP contribution >= 0.6 is 0 Å². The molecule has 9 heteroatoms. The lowest BCUT2D eigenvalue weighted by atomic mass is 9.91. The monoisotopic (exact) mass is 387 g/mol. The van der Waals surface area contributed by atoms with Crippen LogP contribution < -0.4 is 17.0 Å². The van der Waals surface area contributed by atoms with E-state index in [9.17, 15) is 19.2 Å². The molecular formula is C19H25N5O4. The van der Waals surface area contributed by atoms with Gasteiger partial charge in [0.25, 0.3) is 11.5 Å². The number of carbonyl (C=O) groups is 2. The van der Waals surface area contributed by atoms with Crippen LogP contribution in [0, 0.1) is 5.92 Å². The number of aromatic amines is 1. The first-order chi connectivity index (χ1) is 13.3. The molecule has 2 atom stereocenters. The number of fused-ring (bicyclic) bond motifs is 1. The number of carbonyl (C=O) groups excluding carboxylic acids is 2. The number of primary amides is 1. The van der Waals surface area contributed by atoms with Crippen LogP contribution in [0.2, 0.25) is 0 Å². The highest BCUT2D eigenvalue weighted by Gasteiger charge is 2.34. The van der Waals surface area contributed by atoms with Gasteiger partial charge in [0.15, 0.2) is 0 Å². The summed E-state index contributed by atoms with van der Waals surface area (Å²) in [6, 6.07) is 0.755. The Labute approximate surface area is 161 Å². The number of hydrogen-bond acceptors (Lipinski definition) is 5. The minimum Gasteiger partial charge on any atom is -0.368 e. The van der Waals surface area contributed by atoms with E-state index in [4.69, 9.17) is 5.73 Å². The maximum atomic E-state index is 13.0. The lowest BCUT2D eigenvalue weighted by molar-refractivity contribution is -0.124. The Morgan fingerprint density at radius 3 is 2.79 bits per heavy atom. The van der Waals surface area contributed by atoms with Crippen molar-refractivity contribution in [3.63, 3.8) is 0 Å². The highest BCUT2D eigenvalue weighted by molar-refractivity contribution is 5.99. The van der Waals surface area contributed by atoms with Crippen LogP contribution in [0.15, 0.2) is 21.9 Å². The predicted molar refractivity (Wildman–Crippen MR) is 104 cm³/mol. The summed E-state index contributed by atoms with van der Waals surface area (Å²) in [7, 11) is 0. The third-order valence-electron chi connectivity index (χ3n) is 5.27. The summed E-state index contributed by atoms with van der Waals surface area (Å²) in [5.41, 5.74) is 4.83. The van der Waals surface area contributed by atoms with Crippen molar-refractivity contribution in [2.75, 3.05) is 6.54 Å². The van der Waals surface area contributed by atoms with E-state index in [1.165, 1.54) is 21.7 Å². The molecule has 28 heavy (non-hydrogen) atoms. The second kappa shape index (κ2) is 7.95. The van der Waals surface area contributed by atoms with Gasteiger partial charge in [-0.2, -0.15) is 0 Å². The van der Waals surface area contributed by atoms with Crippen molar-refractivity contribution in [3.8, 4) is 0 Å². The van der Waals surface area contributed by atoms with Crippen LogP contribution in [0.4, 0.5) is 0 Å². The first-order valence-electron chi connectivity index (χ1n) is 9.56. The molecule has 2 aromatic heterocycles. The van der Waals surface area contributed by atoms with Crippen LogP contribution in [0.1, 0.15) is 49.9 Å². The third kappa shape index (κ3) is 3.69. The zero-order valence-electron chi connectivity index (χ0n) is 16.1. The molecular weight excluding hydrogens is 362 g/mol. The van der Waals surface area contributed by atoms with Crippen LogP contribution in [0.5, 0.6) is 0 Å². The summed E-state index contributed by atoms with van der Waals surface area (Å²) in [5, 5.41) is 0.169. The van der Waals surface area contributed by atoms with Crippen LogP contribution in [0.3, 0.4) is 0 Å². The van der Waals surface area contributed by atoms with Crippen LogP contribution in [0.25, 0.3) is 11.0 Å². The number of nitrogens with one attached hydrogen (secondary N) is 1. The number of unbranched alkanes of at least 4 members (excludes halogenated alkanes) is 1. The Bertz CT molecular complexity index is 1030. The van der Waals surface area contributed by atoms with E-state index in [-0.39, 0.29) is 16.6 Å². The number of hydrogen-bond donors (Lipinski definition) is 2. The molecule has 0 radical (unpaired) electrons. The molecule has 3 N–H and O–H groups in total. The average Bonchev–Trinajstić information content (AvgIpc) is 2.67. The summed E-state index contributed by atoms with van der Waals surface area (Å²) in [4.78, 5) is 57.2. The van der Waals surface area contributed by atoms with E-state index in [0.717, 1.165) is 19.3 Å². The molecule has 0 saturated carbocycles. The third-order valence-corrected chi connectivity index (χ3v) is 5.27. The van der Waals surface area contributed by atoms with Gasteiger partial charge < -0.3 is 10.6 Å².